The Morgan fingerprint density at radius 1 is 1.29 bits per heavy atom. The van der Waals surface area contributed by atoms with E-state index in [1.54, 1.807) is 0 Å². The van der Waals surface area contributed by atoms with Crippen LogP contribution in [0.2, 0.25) is 0 Å². The molecule has 0 aliphatic heterocycles. The molecule has 0 aromatic carbocycles. The molecule has 1 amide bonds. The van der Waals surface area contributed by atoms with Gasteiger partial charge in [0.05, 0.1) is 0 Å². The molecule has 1 aromatic heterocycles. The van der Waals surface area contributed by atoms with Gasteiger partial charge in [-0.25, -0.2) is 5.10 Å². The summed E-state index contributed by atoms with van der Waals surface area (Å²) in [5.74, 6) is -0.105. The van der Waals surface area contributed by atoms with Crippen molar-refractivity contribution in [3.05, 3.63) is 28.2 Å². The second-order valence-corrected chi connectivity index (χ2v) is 5.59. The molecule has 1 aromatic rings. The third-order valence-corrected chi connectivity index (χ3v) is 4.03. The zero-order valence-corrected chi connectivity index (χ0v) is 12.4. The van der Waals surface area contributed by atoms with Gasteiger partial charge in [0.2, 0.25) is 0 Å². The average Bonchev–Trinajstić information content (AvgIpc) is 2.77. The molecule has 6 heteroatoms. The Hall–Kier alpha value is -1.69. The van der Waals surface area contributed by atoms with Crippen LogP contribution in [0, 0.1) is 0 Å². The molecular weight excluding hydrogens is 268 g/mol. The number of carbonyl (C=O) groups is 1. The minimum atomic E-state index is -0.297. The predicted molar refractivity (Wildman–Crippen MR) is 81.1 cm³/mol. The van der Waals surface area contributed by atoms with Crippen LogP contribution in [0.15, 0.2) is 16.9 Å². The Labute approximate surface area is 124 Å². The zero-order chi connectivity index (χ0) is 15.1. The van der Waals surface area contributed by atoms with Gasteiger partial charge in [-0.2, -0.15) is 5.10 Å². The fourth-order valence-electron chi connectivity index (χ4n) is 2.89. The number of nitrogens with one attached hydrogen (secondary N) is 1. The van der Waals surface area contributed by atoms with Gasteiger partial charge in [-0.05, 0) is 31.9 Å². The van der Waals surface area contributed by atoms with E-state index >= 15 is 0 Å². The van der Waals surface area contributed by atoms with Crippen LogP contribution in [0.4, 0.5) is 0 Å². The van der Waals surface area contributed by atoms with Gasteiger partial charge in [0.25, 0.3) is 11.5 Å². The Bertz CT molecular complexity index is 486. The normalized spacial score (nSPS) is 16.4. The van der Waals surface area contributed by atoms with Gasteiger partial charge in [-0.1, -0.05) is 25.7 Å². The van der Waals surface area contributed by atoms with Crippen LogP contribution in [-0.2, 0) is 0 Å². The van der Waals surface area contributed by atoms with E-state index < -0.39 is 0 Å². The molecule has 1 aliphatic rings. The van der Waals surface area contributed by atoms with Gasteiger partial charge in [-0.15, -0.1) is 0 Å². The lowest BCUT2D eigenvalue weighted by Gasteiger charge is -2.31. The molecule has 116 valence electrons. The largest absolute Gasteiger partial charge is 0.334 e. The van der Waals surface area contributed by atoms with Crippen molar-refractivity contribution in [3.63, 3.8) is 0 Å². The van der Waals surface area contributed by atoms with Crippen molar-refractivity contribution in [2.24, 2.45) is 5.73 Å². The lowest BCUT2D eigenvalue weighted by molar-refractivity contribution is 0.0651. The van der Waals surface area contributed by atoms with E-state index in [0.29, 0.717) is 18.8 Å². The van der Waals surface area contributed by atoms with E-state index in [0.717, 1.165) is 32.1 Å². The van der Waals surface area contributed by atoms with E-state index in [2.05, 4.69) is 10.2 Å². The van der Waals surface area contributed by atoms with Crippen LogP contribution < -0.4 is 11.3 Å². The number of rotatable bonds is 5. The molecule has 6 nitrogen and oxygen atoms in total. The van der Waals surface area contributed by atoms with Gasteiger partial charge >= 0.3 is 0 Å². The minimum Gasteiger partial charge on any atom is -0.334 e. The van der Waals surface area contributed by atoms with Crippen LogP contribution in [0.3, 0.4) is 0 Å². The Kier molecular flexibility index (Phi) is 5.92. The number of carbonyl (C=O) groups excluding carboxylic acids is 1. The van der Waals surface area contributed by atoms with Gasteiger partial charge in [0.15, 0.2) is 0 Å². The smallest absolute Gasteiger partial charge is 0.274 e. The van der Waals surface area contributed by atoms with Crippen molar-refractivity contribution in [3.8, 4) is 0 Å². The van der Waals surface area contributed by atoms with E-state index in [9.17, 15) is 9.59 Å². The number of H-pyrrole nitrogens is 1. The van der Waals surface area contributed by atoms with Crippen LogP contribution in [0.5, 0.6) is 0 Å². The molecule has 1 saturated carbocycles. The molecule has 0 unspecified atom stereocenters. The number of hydrogen-bond acceptors (Lipinski definition) is 4. The molecule has 0 saturated heterocycles. The standard InChI is InChI=1S/C15H24N4O2/c16-10-5-11-19(12-6-3-1-2-4-7-12)15(21)13-8-9-14(20)18-17-13/h8-9,12H,1-7,10-11,16H2,(H,18,20). The first-order chi connectivity index (χ1) is 10.2. The van der Waals surface area contributed by atoms with Crippen LogP contribution >= 0.6 is 0 Å². The summed E-state index contributed by atoms with van der Waals surface area (Å²) in [5.41, 5.74) is 5.60. The van der Waals surface area contributed by atoms with Crippen molar-refractivity contribution in [2.45, 2.75) is 51.0 Å². The first-order valence-corrected chi connectivity index (χ1v) is 7.79. The second-order valence-electron chi connectivity index (χ2n) is 5.59. The Morgan fingerprint density at radius 2 is 2.00 bits per heavy atom. The maximum Gasteiger partial charge on any atom is 0.274 e. The van der Waals surface area contributed by atoms with E-state index in [4.69, 9.17) is 5.73 Å². The fraction of sp³-hybridized carbons (Fsp3) is 0.667. The fourth-order valence-corrected chi connectivity index (χ4v) is 2.89. The van der Waals surface area contributed by atoms with Crippen molar-refractivity contribution in [1.29, 1.82) is 0 Å². The number of amides is 1. The molecule has 0 atom stereocenters. The molecular formula is C15H24N4O2. The van der Waals surface area contributed by atoms with Gasteiger partial charge in [-0.3, -0.25) is 9.59 Å². The first kappa shape index (κ1) is 15.7. The van der Waals surface area contributed by atoms with E-state index in [1.807, 2.05) is 4.90 Å². The third kappa shape index (κ3) is 4.39. The third-order valence-electron chi connectivity index (χ3n) is 4.03. The summed E-state index contributed by atoms with van der Waals surface area (Å²) in [4.78, 5) is 25.6. The number of aromatic nitrogens is 2. The highest BCUT2D eigenvalue weighted by molar-refractivity contribution is 5.92. The van der Waals surface area contributed by atoms with Crippen molar-refractivity contribution in [2.75, 3.05) is 13.1 Å². The van der Waals surface area contributed by atoms with Crippen molar-refractivity contribution >= 4 is 5.91 Å². The van der Waals surface area contributed by atoms with Crippen LogP contribution in [0.25, 0.3) is 0 Å². The number of hydrogen-bond donors (Lipinski definition) is 2. The second kappa shape index (κ2) is 7.93. The molecule has 3 N–H and O–H groups in total. The van der Waals surface area contributed by atoms with Crippen LogP contribution in [-0.4, -0.2) is 40.1 Å². The van der Waals surface area contributed by atoms with Crippen molar-refractivity contribution < 1.29 is 4.79 Å². The molecule has 1 heterocycles. The number of nitrogens with zero attached hydrogens (tertiary/aromatic N) is 2. The summed E-state index contributed by atoms with van der Waals surface area (Å²) >= 11 is 0. The topological polar surface area (TPSA) is 92.1 Å². The summed E-state index contributed by atoms with van der Waals surface area (Å²) in [7, 11) is 0. The maximum atomic E-state index is 12.7. The summed E-state index contributed by atoms with van der Waals surface area (Å²) in [6.07, 6.45) is 7.68. The zero-order valence-electron chi connectivity index (χ0n) is 12.4. The van der Waals surface area contributed by atoms with Gasteiger partial charge in [0, 0.05) is 18.7 Å². The van der Waals surface area contributed by atoms with E-state index in [-0.39, 0.29) is 17.5 Å². The highest BCUT2D eigenvalue weighted by Gasteiger charge is 2.25. The molecule has 1 aliphatic carbocycles. The summed E-state index contributed by atoms with van der Waals surface area (Å²) < 4.78 is 0. The highest BCUT2D eigenvalue weighted by atomic mass is 16.2. The Morgan fingerprint density at radius 3 is 2.57 bits per heavy atom. The highest BCUT2D eigenvalue weighted by Crippen LogP contribution is 2.23. The van der Waals surface area contributed by atoms with Gasteiger partial charge < -0.3 is 10.6 Å². The molecule has 1 fully saturated rings. The lowest BCUT2D eigenvalue weighted by atomic mass is 10.1. The number of nitrogens with two attached hydrogens (primary N) is 1. The SMILES string of the molecule is NCCCN(C(=O)c1ccc(=O)[nH]n1)C1CCCCCC1. The summed E-state index contributed by atoms with van der Waals surface area (Å²) in [5, 5.41) is 6.19. The molecule has 0 spiro atoms. The Balaban J connectivity index is 2.15. The predicted octanol–water partition coefficient (Wildman–Crippen LogP) is 1.28. The first-order valence-electron chi connectivity index (χ1n) is 7.79. The lowest BCUT2D eigenvalue weighted by Crippen LogP contribution is -2.42. The van der Waals surface area contributed by atoms with E-state index in [1.165, 1.54) is 25.0 Å². The minimum absolute atomic E-state index is 0.105. The average molecular weight is 292 g/mol. The van der Waals surface area contributed by atoms with Crippen LogP contribution in [0.1, 0.15) is 55.4 Å². The van der Waals surface area contributed by atoms with Crippen molar-refractivity contribution in [1.82, 2.24) is 15.1 Å². The summed E-state index contributed by atoms with van der Waals surface area (Å²) in [6.45, 7) is 1.22. The maximum absolute atomic E-state index is 12.7. The summed E-state index contributed by atoms with van der Waals surface area (Å²) in [6, 6.07) is 3.10. The quantitative estimate of drug-likeness (QED) is 0.800. The molecule has 2 rings (SSSR count). The van der Waals surface area contributed by atoms with Gasteiger partial charge in [0.1, 0.15) is 5.69 Å². The number of aromatic amines is 1. The monoisotopic (exact) mass is 292 g/mol. The molecule has 0 radical (unpaired) electrons. The molecule has 0 bridgehead atoms. The molecule has 21 heavy (non-hydrogen) atoms.